The molecule has 1 aliphatic heterocycles. The second-order valence-corrected chi connectivity index (χ2v) is 3.87. The van der Waals surface area contributed by atoms with E-state index in [1.54, 1.807) is 0 Å². The maximum atomic E-state index is 11.2. The molecule has 2 aliphatic rings. The molecule has 2 fully saturated rings. The quantitative estimate of drug-likeness (QED) is 0.594. The molecule has 4 nitrogen and oxygen atoms in total. The molecule has 0 spiro atoms. The molecule has 1 unspecified atom stereocenters. The van der Waals surface area contributed by atoms with Crippen LogP contribution < -0.4 is 10.6 Å². The van der Waals surface area contributed by atoms with Gasteiger partial charge in [0.15, 0.2) is 0 Å². The molecule has 13 heavy (non-hydrogen) atoms. The van der Waals surface area contributed by atoms with Crippen molar-refractivity contribution in [2.75, 3.05) is 6.54 Å². The number of imide groups is 1. The van der Waals surface area contributed by atoms with Gasteiger partial charge in [-0.2, -0.15) is 0 Å². The van der Waals surface area contributed by atoms with Gasteiger partial charge in [-0.3, -0.25) is 20.2 Å². The highest BCUT2D eigenvalue weighted by Crippen LogP contribution is 2.33. The van der Waals surface area contributed by atoms with Gasteiger partial charge < -0.3 is 0 Å². The van der Waals surface area contributed by atoms with Gasteiger partial charge in [0.25, 0.3) is 0 Å². The van der Waals surface area contributed by atoms with Crippen molar-refractivity contribution in [3.63, 3.8) is 0 Å². The van der Waals surface area contributed by atoms with E-state index in [4.69, 9.17) is 0 Å². The lowest BCUT2D eigenvalue weighted by atomic mass is 10.1. The summed E-state index contributed by atoms with van der Waals surface area (Å²) in [4.78, 5) is 22.0. The molecule has 1 saturated carbocycles. The van der Waals surface area contributed by atoms with Gasteiger partial charge in [-0.25, -0.2) is 0 Å². The van der Waals surface area contributed by atoms with Crippen LogP contribution in [0.25, 0.3) is 0 Å². The van der Waals surface area contributed by atoms with Gasteiger partial charge in [0.1, 0.15) is 0 Å². The molecule has 0 bridgehead atoms. The van der Waals surface area contributed by atoms with Crippen LogP contribution in [0.2, 0.25) is 0 Å². The minimum Gasteiger partial charge on any atom is -0.297 e. The third kappa shape index (κ3) is 2.28. The Labute approximate surface area is 77.1 Å². The zero-order valence-electron chi connectivity index (χ0n) is 7.51. The largest absolute Gasteiger partial charge is 0.297 e. The Kier molecular flexibility index (Phi) is 2.31. The molecule has 1 atom stereocenters. The zero-order chi connectivity index (χ0) is 9.26. The fourth-order valence-corrected chi connectivity index (χ4v) is 1.62. The number of hydrogen-bond acceptors (Lipinski definition) is 3. The average Bonchev–Trinajstić information content (AvgIpc) is 2.86. The normalized spacial score (nSPS) is 28.8. The first-order valence-electron chi connectivity index (χ1n) is 4.83. The van der Waals surface area contributed by atoms with E-state index in [1.165, 1.54) is 12.8 Å². The summed E-state index contributed by atoms with van der Waals surface area (Å²) in [6.45, 7) is 0.279. The molecule has 2 rings (SSSR count). The van der Waals surface area contributed by atoms with E-state index in [1.807, 2.05) is 0 Å². The first kappa shape index (κ1) is 8.69. The first-order chi connectivity index (χ1) is 6.25. The van der Waals surface area contributed by atoms with Crippen LogP contribution in [0.15, 0.2) is 0 Å². The highest BCUT2D eigenvalue weighted by molar-refractivity contribution is 6.00. The molecule has 2 N–H and O–H groups in total. The van der Waals surface area contributed by atoms with Crippen LogP contribution in [-0.4, -0.2) is 24.4 Å². The SMILES string of the molecule is O=C1CNC(CCC2CC2)C(=O)N1. The molecule has 0 aromatic rings. The second-order valence-electron chi connectivity index (χ2n) is 3.87. The summed E-state index contributed by atoms with van der Waals surface area (Å²) in [5.74, 6) is 0.469. The van der Waals surface area contributed by atoms with Gasteiger partial charge >= 0.3 is 0 Å². The monoisotopic (exact) mass is 182 g/mol. The minimum atomic E-state index is -0.215. The van der Waals surface area contributed by atoms with Gasteiger partial charge in [0.05, 0.1) is 12.6 Å². The Morgan fingerprint density at radius 3 is 2.62 bits per heavy atom. The fraction of sp³-hybridized carbons (Fsp3) is 0.778. The highest BCUT2D eigenvalue weighted by atomic mass is 16.2. The van der Waals surface area contributed by atoms with Crippen LogP contribution in [0.4, 0.5) is 0 Å². The number of amides is 2. The smallest absolute Gasteiger partial charge is 0.243 e. The molecular formula is C9H14N2O2. The molecule has 1 aliphatic carbocycles. The summed E-state index contributed by atoms with van der Waals surface area (Å²) in [6.07, 6.45) is 4.60. The molecule has 0 radical (unpaired) electrons. The number of hydrogen-bond donors (Lipinski definition) is 2. The van der Waals surface area contributed by atoms with Crippen molar-refractivity contribution in [1.29, 1.82) is 0 Å². The number of nitrogens with one attached hydrogen (secondary N) is 2. The van der Waals surface area contributed by atoms with Crippen LogP contribution >= 0.6 is 0 Å². The van der Waals surface area contributed by atoms with E-state index >= 15 is 0 Å². The summed E-state index contributed by atoms with van der Waals surface area (Å²) >= 11 is 0. The Balaban J connectivity index is 1.77. The topological polar surface area (TPSA) is 58.2 Å². The van der Waals surface area contributed by atoms with Crippen molar-refractivity contribution in [3.05, 3.63) is 0 Å². The van der Waals surface area contributed by atoms with Crippen LogP contribution in [-0.2, 0) is 9.59 Å². The van der Waals surface area contributed by atoms with Crippen LogP contribution in [0.5, 0.6) is 0 Å². The molecule has 2 amide bonds. The summed E-state index contributed by atoms with van der Waals surface area (Å²) in [5, 5.41) is 5.27. The minimum absolute atomic E-state index is 0.140. The van der Waals surface area contributed by atoms with Crippen molar-refractivity contribution in [2.45, 2.75) is 31.7 Å². The van der Waals surface area contributed by atoms with Crippen molar-refractivity contribution >= 4 is 11.8 Å². The maximum absolute atomic E-state index is 11.2. The van der Waals surface area contributed by atoms with Gasteiger partial charge in [-0.05, 0) is 18.8 Å². The van der Waals surface area contributed by atoms with Crippen LogP contribution in [0.3, 0.4) is 0 Å². The lowest BCUT2D eigenvalue weighted by Gasteiger charge is -2.22. The Morgan fingerprint density at radius 2 is 2.00 bits per heavy atom. The van der Waals surface area contributed by atoms with Gasteiger partial charge in [-0.15, -0.1) is 0 Å². The van der Waals surface area contributed by atoms with Crippen LogP contribution in [0.1, 0.15) is 25.7 Å². The summed E-state index contributed by atoms with van der Waals surface area (Å²) in [5.41, 5.74) is 0. The van der Waals surface area contributed by atoms with Gasteiger partial charge in [-0.1, -0.05) is 12.8 Å². The van der Waals surface area contributed by atoms with E-state index < -0.39 is 0 Å². The number of rotatable bonds is 3. The molecular weight excluding hydrogens is 168 g/mol. The third-order valence-corrected chi connectivity index (χ3v) is 2.65. The Bertz CT molecular complexity index is 236. The number of carbonyl (C=O) groups excluding carboxylic acids is 2. The van der Waals surface area contributed by atoms with E-state index in [0.717, 1.165) is 18.8 Å². The summed E-state index contributed by atoms with van der Waals surface area (Å²) < 4.78 is 0. The standard InChI is InChI=1S/C9H14N2O2/c12-8-5-10-7(9(13)11-8)4-3-6-1-2-6/h6-7,10H,1-5H2,(H,11,12,13). The second kappa shape index (κ2) is 3.46. The fourth-order valence-electron chi connectivity index (χ4n) is 1.62. The van der Waals surface area contributed by atoms with Crippen LogP contribution in [0, 0.1) is 5.92 Å². The molecule has 1 heterocycles. The number of carbonyl (C=O) groups is 2. The molecule has 0 aromatic carbocycles. The maximum Gasteiger partial charge on any atom is 0.243 e. The number of piperazine rings is 1. The van der Waals surface area contributed by atoms with Crippen molar-refractivity contribution in [2.24, 2.45) is 5.92 Å². The average molecular weight is 182 g/mol. The predicted octanol–water partition coefficient (Wildman–Crippen LogP) is -0.209. The van der Waals surface area contributed by atoms with E-state index in [2.05, 4.69) is 10.6 Å². The van der Waals surface area contributed by atoms with E-state index in [-0.39, 0.29) is 24.4 Å². The van der Waals surface area contributed by atoms with Gasteiger partial charge in [0, 0.05) is 0 Å². The Morgan fingerprint density at radius 1 is 1.23 bits per heavy atom. The van der Waals surface area contributed by atoms with E-state index in [0.29, 0.717) is 0 Å². The molecule has 72 valence electrons. The first-order valence-corrected chi connectivity index (χ1v) is 4.83. The lowest BCUT2D eigenvalue weighted by Crippen LogP contribution is -2.55. The lowest BCUT2D eigenvalue weighted by molar-refractivity contribution is -0.134. The summed E-state index contributed by atoms with van der Waals surface area (Å²) in [6, 6.07) is -0.140. The molecule has 4 heteroatoms. The van der Waals surface area contributed by atoms with Crippen molar-refractivity contribution in [1.82, 2.24) is 10.6 Å². The van der Waals surface area contributed by atoms with Crippen molar-refractivity contribution < 1.29 is 9.59 Å². The molecule has 1 saturated heterocycles. The van der Waals surface area contributed by atoms with Gasteiger partial charge in [0.2, 0.25) is 11.8 Å². The molecule has 0 aromatic heterocycles. The summed E-state index contributed by atoms with van der Waals surface area (Å²) in [7, 11) is 0. The van der Waals surface area contributed by atoms with E-state index in [9.17, 15) is 9.59 Å². The third-order valence-electron chi connectivity index (χ3n) is 2.65. The zero-order valence-corrected chi connectivity index (χ0v) is 7.51. The highest BCUT2D eigenvalue weighted by Gasteiger charge is 2.28. The van der Waals surface area contributed by atoms with Crippen molar-refractivity contribution in [3.8, 4) is 0 Å². The Hall–Kier alpha value is -0.900. The predicted molar refractivity (Wildman–Crippen MR) is 46.9 cm³/mol.